The van der Waals surface area contributed by atoms with Crippen LogP contribution in [0.1, 0.15) is 44.5 Å². The molecule has 19 heavy (non-hydrogen) atoms. The third kappa shape index (κ3) is 3.40. The van der Waals surface area contributed by atoms with Gasteiger partial charge in [-0.05, 0) is 45.4 Å². The number of benzene rings is 1. The van der Waals surface area contributed by atoms with Gasteiger partial charge in [-0.3, -0.25) is 4.79 Å². The van der Waals surface area contributed by atoms with Crippen molar-refractivity contribution >= 4 is 17.3 Å². The average Bonchev–Trinajstić information content (AvgIpc) is 2.37. The fourth-order valence-electron chi connectivity index (χ4n) is 1.84. The van der Waals surface area contributed by atoms with Crippen LogP contribution in [0.15, 0.2) is 18.2 Å². The van der Waals surface area contributed by atoms with Gasteiger partial charge in [-0.25, -0.2) is 0 Å². The topological polar surface area (TPSA) is 58.4 Å². The van der Waals surface area contributed by atoms with E-state index in [4.69, 9.17) is 5.73 Å². The molecule has 1 aromatic carbocycles. The highest BCUT2D eigenvalue weighted by molar-refractivity contribution is 6.00. The lowest BCUT2D eigenvalue weighted by Gasteiger charge is -2.37. The molecule has 4 nitrogen and oxygen atoms in total. The first-order valence-corrected chi connectivity index (χ1v) is 6.75. The predicted octanol–water partition coefficient (Wildman–Crippen LogP) is 2.64. The van der Waals surface area contributed by atoms with E-state index in [-0.39, 0.29) is 11.4 Å². The van der Waals surface area contributed by atoms with Crippen molar-refractivity contribution in [3.8, 4) is 0 Å². The Morgan fingerprint density at radius 1 is 1.37 bits per heavy atom. The first-order valence-electron chi connectivity index (χ1n) is 6.75. The number of anilines is 2. The molecule has 0 unspecified atom stereocenters. The molecule has 0 radical (unpaired) electrons. The minimum absolute atomic E-state index is 0.0327. The largest absolute Gasteiger partial charge is 0.399 e. The van der Waals surface area contributed by atoms with Gasteiger partial charge < -0.3 is 16.0 Å². The van der Waals surface area contributed by atoms with Gasteiger partial charge in [-0.2, -0.15) is 0 Å². The lowest BCUT2D eigenvalue weighted by molar-refractivity contribution is 0.0956. The number of hydrogen-bond donors (Lipinski definition) is 2. The van der Waals surface area contributed by atoms with Crippen molar-refractivity contribution in [3.05, 3.63) is 23.8 Å². The van der Waals surface area contributed by atoms with E-state index in [0.717, 1.165) is 12.1 Å². The molecule has 4 heteroatoms. The number of rotatable bonds is 5. The molecule has 0 saturated heterocycles. The Balaban J connectivity index is 3.24. The molecule has 0 heterocycles. The molecule has 1 aromatic rings. The summed E-state index contributed by atoms with van der Waals surface area (Å²) in [5.41, 5.74) is 8.04. The second-order valence-electron chi connectivity index (χ2n) is 5.36. The first kappa shape index (κ1) is 15.3. The minimum atomic E-state index is -0.0590. The summed E-state index contributed by atoms with van der Waals surface area (Å²) in [7, 11) is 2.00. The van der Waals surface area contributed by atoms with Crippen LogP contribution in [-0.4, -0.2) is 25.0 Å². The predicted molar refractivity (Wildman–Crippen MR) is 81.6 cm³/mol. The maximum atomic E-state index is 12.1. The number of nitrogens with two attached hydrogens (primary N) is 1. The van der Waals surface area contributed by atoms with E-state index in [2.05, 4.69) is 31.0 Å². The smallest absolute Gasteiger partial charge is 0.253 e. The van der Waals surface area contributed by atoms with Gasteiger partial charge in [0.25, 0.3) is 5.91 Å². The zero-order chi connectivity index (χ0) is 14.6. The third-order valence-corrected chi connectivity index (χ3v) is 3.74. The van der Waals surface area contributed by atoms with Crippen molar-refractivity contribution < 1.29 is 4.79 Å². The Morgan fingerprint density at radius 2 is 2.00 bits per heavy atom. The lowest BCUT2D eigenvalue weighted by atomic mass is 9.97. The summed E-state index contributed by atoms with van der Waals surface area (Å²) in [5, 5.41) is 2.84. The van der Waals surface area contributed by atoms with Crippen molar-refractivity contribution in [2.45, 2.75) is 39.7 Å². The van der Waals surface area contributed by atoms with Crippen molar-refractivity contribution in [2.75, 3.05) is 24.2 Å². The molecule has 0 aliphatic heterocycles. The van der Waals surface area contributed by atoms with Crippen molar-refractivity contribution in [2.24, 2.45) is 0 Å². The van der Waals surface area contributed by atoms with Gasteiger partial charge in [0.1, 0.15) is 0 Å². The lowest BCUT2D eigenvalue weighted by Crippen LogP contribution is -2.41. The first-order chi connectivity index (χ1) is 8.83. The normalized spacial score (nSPS) is 11.2. The van der Waals surface area contributed by atoms with Gasteiger partial charge in [0.15, 0.2) is 0 Å². The van der Waals surface area contributed by atoms with Gasteiger partial charge in [0.2, 0.25) is 0 Å². The molecular weight excluding hydrogens is 238 g/mol. The van der Waals surface area contributed by atoms with Crippen molar-refractivity contribution in [1.82, 2.24) is 5.32 Å². The second-order valence-corrected chi connectivity index (χ2v) is 5.36. The Labute approximate surface area is 116 Å². The van der Waals surface area contributed by atoms with Crippen LogP contribution in [0.3, 0.4) is 0 Å². The summed E-state index contributed by atoms with van der Waals surface area (Å²) in [6, 6.07) is 5.42. The monoisotopic (exact) mass is 263 g/mol. The molecule has 0 aromatic heterocycles. The van der Waals surface area contributed by atoms with Crippen molar-refractivity contribution in [3.63, 3.8) is 0 Å². The number of nitrogen functional groups attached to an aromatic ring is 1. The Bertz CT molecular complexity index is 455. The number of nitrogens with one attached hydrogen (secondary N) is 1. The molecule has 0 aliphatic rings. The summed E-state index contributed by atoms with van der Waals surface area (Å²) in [5.74, 6) is -0.0590. The molecule has 3 N–H and O–H groups in total. The maximum Gasteiger partial charge on any atom is 0.253 e. The SMILES string of the molecule is CCNC(=O)c1ccc(N)cc1N(C)C(C)(C)CC. The fourth-order valence-corrected chi connectivity index (χ4v) is 1.84. The molecular formula is C15H25N3O. The van der Waals surface area contributed by atoms with E-state index in [1.807, 2.05) is 20.0 Å². The summed E-state index contributed by atoms with van der Waals surface area (Å²) in [6.07, 6.45) is 0.979. The minimum Gasteiger partial charge on any atom is -0.399 e. The fraction of sp³-hybridized carbons (Fsp3) is 0.533. The Kier molecular flexibility index (Phi) is 4.81. The average molecular weight is 263 g/mol. The summed E-state index contributed by atoms with van der Waals surface area (Å²) in [6.45, 7) is 8.96. The number of hydrogen-bond acceptors (Lipinski definition) is 3. The van der Waals surface area contributed by atoms with Crippen LogP contribution in [0.4, 0.5) is 11.4 Å². The Hall–Kier alpha value is -1.71. The standard InChI is InChI=1S/C15H25N3O/c1-6-15(3,4)18(5)13-10-11(16)8-9-12(13)14(19)17-7-2/h8-10H,6-7,16H2,1-5H3,(H,17,19). The summed E-state index contributed by atoms with van der Waals surface area (Å²) in [4.78, 5) is 14.2. The molecule has 106 valence electrons. The number of amides is 1. The van der Waals surface area contributed by atoms with Gasteiger partial charge in [-0.1, -0.05) is 6.92 Å². The van der Waals surface area contributed by atoms with E-state index in [0.29, 0.717) is 17.8 Å². The zero-order valence-electron chi connectivity index (χ0n) is 12.6. The highest BCUT2D eigenvalue weighted by atomic mass is 16.1. The van der Waals surface area contributed by atoms with E-state index in [9.17, 15) is 4.79 Å². The molecule has 0 bridgehead atoms. The molecule has 1 rings (SSSR count). The number of nitrogens with zero attached hydrogens (tertiary/aromatic N) is 1. The second kappa shape index (κ2) is 5.95. The van der Waals surface area contributed by atoms with Crippen LogP contribution < -0.4 is 16.0 Å². The van der Waals surface area contributed by atoms with E-state index in [1.165, 1.54) is 0 Å². The summed E-state index contributed by atoms with van der Waals surface area (Å²) < 4.78 is 0. The summed E-state index contributed by atoms with van der Waals surface area (Å²) >= 11 is 0. The zero-order valence-corrected chi connectivity index (χ0v) is 12.6. The molecule has 1 amide bonds. The van der Waals surface area contributed by atoms with Crippen LogP contribution in [0.2, 0.25) is 0 Å². The van der Waals surface area contributed by atoms with Gasteiger partial charge in [-0.15, -0.1) is 0 Å². The van der Waals surface area contributed by atoms with Gasteiger partial charge in [0, 0.05) is 24.8 Å². The molecule has 0 aliphatic carbocycles. The van der Waals surface area contributed by atoms with Crippen LogP contribution >= 0.6 is 0 Å². The molecule has 0 atom stereocenters. The third-order valence-electron chi connectivity index (χ3n) is 3.74. The molecule has 0 spiro atoms. The van der Waals surface area contributed by atoms with Crippen molar-refractivity contribution in [1.29, 1.82) is 0 Å². The molecule has 0 saturated carbocycles. The van der Waals surface area contributed by atoms with E-state index >= 15 is 0 Å². The van der Waals surface area contributed by atoms with Crippen LogP contribution in [0.25, 0.3) is 0 Å². The van der Waals surface area contributed by atoms with Gasteiger partial charge in [0.05, 0.1) is 11.3 Å². The number of carbonyl (C=O) groups is 1. The van der Waals surface area contributed by atoms with Gasteiger partial charge >= 0.3 is 0 Å². The van der Waals surface area contributed by atoms with Crippen LogP contribution in [0.5, 0.6) is 0 Å². The van der Waals surface area contributed by atoms with E-state index < -0.39 is 0 Å². The highest BCUT2D eigenvalue weighted by Gasteiger charge is 2.25. The number of carbonyl (C=O) groups excluding carboxylic acids is 1. The quantitative estimate of drug-likeness (QED) is 0.803. The maximum absolute atomic E-state index is 12.1. The van der Waals surface area contributed by atoms with Crippen LogP contribution in [0, 0.1) is 0 Å². The Morgan fingerprint density at radius 3 is 2.53 bits per heavy atom. The van der Waals surface area contributed by atoms with Crippen LogP contribution in [-0.2, 0) is 0 Å². The van der Waals surface area contributed by atoms with E-state index in [1.54, 1.807) is 12.1 Å². The highest BCUT2D eigenvalue weighted by Crippen LogP contribution is 2.29. The molecule has 0 fully saturated rings.